The van der Waals surface area contributed by atoms with Crippen LogP contribution in [0.1, 0.15) is 106 Å². The number of benzene rings is 2. The summed E-state index contributed by atoms with van der Waals surface area (Å²) in [6.45, 7) is 0.896. The van der Waals surface area contributed by atoms with E-state index in [1.807, 2.05) is 6.21 Å². The van der Waals surface area contributed by atoms with Crippen LogP contribution < -0.4 is 10.6 Å². The molecule has 0 aromatic heterocycles. The highest BCUT2D eigenvalue weighted by molar-refractivity contribution is 5.91. The van der Waals surface area contributed by atoms with Crippen LogP contribution in [0.4, 0.5) is 0 Å². The van der Waals surface area contributed by atoms with E-state index in [9.17, 15) is 0 Å². The van der Waals surface area contributed by atoms with Crippen molar-refractivity contribution in [3.63, 3.8) is 0 Å². The fraction of sp³-hybridized carbons (Fsp3) is 0.440. The molecule has 2 aliphatic heterocycles. The molecular formula is C50H56N4. The molecule has 2 aromatic rings. The van der Waals surface area contributed by atoms with E-state index < -0.39 is 0 Å². The summed E-state index contributed by atoms with van der Waals surface area (Å²) in [6, 6.07) is 11.6. The van der Waals surface area contributed by atoms with Gasteiger partial charge in [0.15, 0.2) is 0 Å². The quantitative estimate of drug-likeness (QED) is 0.293. The van der Waals surface area contributed by atoms with E-state index >= 15 is 0 Å². The van der Waals surface area contributed by atoms with E-state index in [0.29, 0.717) is 35.8 Å². The second kappa shape index (κ2) is 15.1. The number of hydrogen-bond donors (Lipinski definition) is 2. The second-order valence-electron chi connectivity index (χ2n) is 17.2. The zero-order valence-corrected chi connectivity index (χ0v) is 31.9. The van der Waals surface area contributed by atoms with Crippen LogP contribution in [0, 0.1) is 23.7 Å². The van der Waals surface area contributed by atoms with Crippen molar-refractivity contribution in [2.45, 2.75) is 108 Å². The maximum atomic E-state index is 5.65. The average molecular weight is 713 g/mol. The summed E-state index contributed by atoms with van der Waals surface area (Å²) in [4.78, 5) is 10.1. The summed E-state index contributed by atoms with van der Waals surface area (Å²) < 4.78 is 0. The van der Waals surface area contributed by atoms with Crippen molar-refractivity contribution in [2.24, 2.45) is 33.7 Å². The molecule has 4 nitrogen and oxygen atoms in total. The smallest absolute Gasteiger partial charge is 0.125 e. The number of rotatable bonds is 6. The lowest BCUT2D eigenvalue weighted by atomic mass is 9.72. The predicted octanol–water partition coefficient (Wildman–Crippen LogP) is 11.2. The van der Waals surface area contributed by atoms with Gasteiger partial charge in [-0.25, -0.2) is 4.99 Å². The van der Waals surface area contributed by atoms with Crippen LogP contribution in [-0.4, -0.2) is 30.9 Å². The molecule has 0 spiro atoms. The van der Waals surface area contributed by atoms with Gasteiger partial charge >= 0.3 is 0 Å². The molecule has 2 N–H and O–H groups in total. The first kappa shape index (κ1) is 34.2. The van der Waals surface area contributed by atoms with E-state index in [-0.39, 0.29) is 6.17 Å². The van der Waals surface area contributed by atoms with Crippen LogP contribution in [-0.2, 0) is 6.42 Å². The molecule has 276 valence electrons. The Bertz CT molecular complexity index is 2110. The third-order valence-electron chi connectivity index (χ3n) is 13.8. The fourth-order valence-electron chi connectivity index (χ4n) is 10.9. The minimum atomic E-state index is 0.103. The molecule has 0 radical (unpaired) electrons. The molecule has 0 saturated heterocycles. The van der Waals surface area contributed by atoms with Gasteiger partial charge in [0.05, 0.1) is 6.17 Å². The molecule has 6 aliphatic carbocycles. The molecule has 0 bridgehead atoms. The van der Waals surface area contributed by atoms with Crippen molar-refractivity contribution in [3.05, 3.63) is 136 Å². The first-order valence-electron chi connectivity index (χ1n) is 21.4. The average Bonchev–Trinajstić information content (AvgIpc) is 3.26. The molecular weight excluding hydrogens is 657 g/mol. The standard InChI is InChI=1S/C50H56N4/c1-3-11-34(12-4-1)48-52-49(35-13-5-2-6-14-35)54-50(53-48)43-30-41(39-22-21-37-27-36(19-20-38(37)28-39)33-23-25-51-26-24-33)29-42(31-43)47-32-40-15-7-8-16-44(40)45-17-9-10-18-46(45)47/h7-8,10-11,15-16,18-23,25,27-29,32,35,37-38,42-43,48-49,52H,1-6,9,12-14,17,24,26,30-31H2,(H,53,54). The normalized spacial score (nSPS) is 31.0. The lowest BCUT2D eigenvalue weighted by Crippen LogP contribution is -2.59. The summed E-state index contributed by atoms with van der Waals surface area (Å²) in [5.41, 5.74) is 11.7. The molecule has 10 rings (SSSR count). The van der Waals surface area contributed by atoms with Crippen molar-refractivity contribution in [2.75, 3.05) is 6.54 Å². The fourth-order valence-corrected chi connectivity index (χ4v) is 10.9. The van der Waals surface area contributed by atoms with E-state index in [1.54, 1.807) is 0 Å². The Hall–Kier alpha value is -4.28. The minimum Gasteiger partial charge on any atom is -0.358 e. The summed E-state index contributed by atoms with van der Waals surface area (Å²) in [5.74, 6) is 3.37. The SMILES string of the molecule is C1=Cc2c(C3C=C(C4=CC5C=CC(C6=CC=NCC6)=CC5C=C4)CC(C4=NC(C5=CCCCC5)NC(C5CCCCC5)N4)C3)cc3ccccc3c2CC1. The van der Waals surface area contributed by atoms with Gasteiger partial charge in [-0.3, -0.25) is 10.3 Å². The molecule has 4 heteroatoms. The Morgan fingerprint density at radius 1 is 0.778 bits per heavy atom. The zero-order valence-electron chi connectivity index (χ0n) is 31.9. The maximum Gasteiger partial charge on any atom is 0.125 e. The maximum absolute atomic E-state index is 5.65. The number of aliphatic imine (C=N–C) groups is 2. The van der Waals surface area contributed by atoms with Crippen LogP contribution in [0.2, 0.25) is 0 Å². The molecule has 2 heterocycles. The Morgan fingerprint density at radius 2 is 1.63 bits per heavy atom. The van der Waals surface area contributed by atoms with Gasteiger partial charge in [-0.05, 0) is 144 Å². The third-order valence-corrected chi connectivity index (χ3v) is 13.8. The van der Waals surface area contributed by atoms with E-state index in [1.165, 1.54) is 119 Å². The van der Waals surface area contributed by atoms with Gasteiger partial charge in [-0.1, -0.05) is 104 Å². The number of nitrogens with zero attached hydrogens (tertiary/aromatic N) is 2. The minimum absolute atomic E-state index is 0.103. The summed E-state index contributed by atoms with van der Waals surface area (Å²) in [7, 11) is 0. The zero-order chi connectivity index (χ0) is 35.8. The van der Waals surface area contributed by atoms with Gasteiger partial charge in [0.2, 0.25) is 0 Å². The van der Waals surface area contributed by atoms with Gasteiger partial charge < -0.3 is 5.32 Å². The largest absolute Gasteiger partial charge is 0.358 e. The highest BCUT2D eigenvalue weighted by atomic mass is 15.3. The Kier molecular flexibility index (Phi) is 9.57. The second-order valence-corrected chi connectivity index (χ2v) is 17.2. The van der Waals surface area contributed by atoms with Crippen LogP contribution in [0.5, 0.6) is 0 Å². The van der Waals surface area contributed by atoms with Crippen LogP contribution >= 0.6 is 0 Å². The summed E-state index contributed by atoms with van der Waals surface area (Å²) >= 11 is 0. The van der Waals surface area contributed by atoms with Gasteiger partial charge in [-0.15, -0.1) is 0 Å². The first-order chi connectivity index (χ1) is 26.7. The van der Waals surface area contributed by atoms with Crippen LogP contribution in [0.15, 0.2) is 129 Å². The van der Waals surface area contributed by atoms with Crippen molar-refractivity contribution >= 4 is 28.9 Å². The lowest BCUT2D eigenvalue weighted by Gasteiger charge is -2.42. The molecule has 0 amide bonds. The van der Waals surface area contributed by atoms with Crippen LogP contribution in [0.25, 0.3) is 16.8 Å². The summed E-state index contributed by atoms with van der Waals surface area (Å²) in [5, 5.41) is 11.0. The third kappa shape index (κ3) is 6.80. The van der Waals surface area contributed by atoms with E-state index in [0.717, 1.165) is 38.6 Å². The number of fused-ring (bicyclic) bond motifs is 4. The molecule has 54 heavy (non-hydrogen) atoms. The van der Waals surface area contributed by atoms with Gasteiger partial charge in [0.25, 0.3) is 0 Å². The highest BCUT2D eigenvalue weighted by Crippen LogP contribution is 2.45. The van der Waals surface area contributed by atoms with Crippen molar-refractivity contribution in [1.82, 2.24) is 10.6 Å². The van der Waals surface area contributed by atoms with Gasteiger partial charge in [0, 0.05) is 36.4 Å². The van der Waals surface area contributed by atoms with Crippen molar-refractivity contribution in [1.29, 1.82) is 0 Å². The number of dihydropyridines is 1. The Balaban J connectivity index is 1.03. The summed E-state index contributed by atoms with van der Waals surface area (Å²) in [6.07, 6.45) is 46.5. The van der Waals surface area contributed by atoms with Crippen molar-refractivity contribution < 1.29 is 0 Å². The van der Waals surface area contributed by atoms with Crippen LogP contribution in [0.3, 0.4) is 0 Å². The first-order valence-corrected chi connectivity index (χ1v) is 21.4. The van der Waals surface area contributed by atoms with Gasteiger partial charge in [0.1, 0.15) is 12.0 Å². The molecule has 1 saturated carbocycles. The number of nitrogens with one attached hydrogen (secondary N) is 2. The molecule has 8 aliphatic rings. The predicted molar refractivity (Wildman–Crippen MR) is 227 cm³/mol. The lowest BCUT2D eigenvalue weighted by molar-refractivity contribution is 0.231. The Morgan fingerprint density at radius 3 is 2.44 bits per heavy atom. The molecule has 6 atom stereocenters. The van der Waals surface area contributed by atoms with Crippen molar-refractivity contribution in [3.8, 4) is 0 Å². The monoisotopic (exact) mass is 712 g/mol. The Labute approximate surface area is 322 Å². The number of hydrogen-bond acceptors (Lipinski definition) is 4. The van der Waals surface area contributed by atoms with E-state index in [4.69, 9.17) is 4.99 Å². The topological polar surface area (TPSA) is 48.8 Å². The number of amidine groups is 1. The van der Waals surface area contributed by atoms with Gasteiger partial charge in [-0.2, -0.15) is 0 Å². The number of aryl methyl sites for hydroxylation is 1. The number of allylic oxidation sites excluding steroid dienone is 13. The van der Waals surface area contributed by atoms with E-state index in [2.05, 4.69) is 113 Å². The highest BCUT2D eigenvalue weighted by Gasteiger charge is 2.37. The molecule has 2 aromatic carbocycles. The molecule has 6 unspecified atom stereocenters. The molecule has 1 fully saturated rings.